The maximum Gasteiger partial charge on any atom is 0.418 e. The first kappa shape index (κ1) is 13.9. The van der Waals surface area contributed by atoms with Crippen molar-refractivity contribution in [2.75, 3.05) is 31.1 Å². The normalized spacial score (nSPS) is 16.2. The third-order valence-electron chi connectivity index (χ3n) is 3.51. The molecule has 112 valence electrons. The van der Waals surface area contributed by atoms with Crippen molar-refractivity contribution in [3.8, 4) is 5.69 Å². The first-order valence-electron chi connectivity index (χ1n) is 6.72. The SMILES string of the molecule is FC(F)(F)c1ccccc1-n1cc(N2CCNCC2)cn1. The second-order valence-corrected chi connectivity index (χ2v) is 4.90. The smallest absolute Gasteiger partial charge is 0.366 e. The maximum absolute atomic E-state index is 13.0. The molecule has 0 atom stereocenters. The lowest BCUT2D eigenvalue weighted by Gasteiger charge is -2.27. The Balaban J connectivity index is 1.93. The van der Waals surface area contributed by atoms with Crippen LogP contribution in [0.4, 0.5) is 18.9 Å². The van der Waals surface area contributed by atoms with Gasteiger partial charge in [0.25, 0.3) is 0 Å². The number of alkyl halides is 3. The fourth-order valence-electron chi connectivity index (χ4n) is 2.44. The number of rotatable bonds is 2. The molecule has 0 amide bonds. The van der Waals surface area contributed by atoms with Crippen LogP contribution in [0.2, 0.25) is 0 Å². The molecule has 21 heavy (non-hydrogen) atoms. The summed E-state index contributed by atoms with van der Waals surface area (Å²) in [5.74, 6) is 0. The minimum atomic E-state index is -4.39. The number of benzene rings is 1. The van der Waals surface area contributed by atoms with Gasteiger partial charge in [0.15, 0.2) is 0 Å². The zero-order valence-electron chi connectivity index (χ0n) is 11.3. The van der Waals surface area contributed by atoms with Gasteiger partial charge in [-0.15, -0.1) is 0 Å². The minimum absolute atomic E-state index is 0.0476. The van der Waals surface area contributed by atoms with Crippen molar-refractivity contribution in [2.45, 2.75) is 6.18 Å². The Labute approximate surface area is 120 Å². The van der Waals surface area contributed by atoms with E-state index in [0.29, 0.717) is 0 Å². The molecule has 1 N–H and O–H groups in total. The summed E-state index contributed by atoms with van der Waals surface area (Å²) in [6.45, 7) is 3.38. The monoisotopic (exact) mass is 296 g/mol. The van der Waals surface area contributed by atoms with Gasteiger partial charge in [0.2, 0.25) is 0 Å². The Hall–Kier alpha value is -2.02. The van der Waals surface area contributed by atoms with Crippen molar-refractivity contribution in [3.63, 3.8) is 0 Å². The Morgan fingerprint density at radius 3 is 2.52 bits per heavy atom. The van der Waals surface area contributed by atoms with Crippen molar-refractivity contribution in [2.24, 2.45) is 0 Å². The van der Waals surface area contributed by atoms with Crippen LogP contribution < -0.4 is 10.2 Å². The first-order chi connectivity index (χ1) is 10.1. The van der Waals surface area contributed by atoms with Gasteiger partial charge in [0.1, 0.15) is 0 Å². The third-order valence-corrected chi connectivity index (χ3v) is 3.51. The number of halogens is 3. The number of para-hydroxylation sites is 1. The molecule has 1 saturated heterocycles. The number of aromatic nitrogens is 2. The molecule has 0 bridgehead atoms. The van der Waals surface area contributed by atoms with Crippen LogP contribution in [0.5, 0.6) is 0 Å². The minimum Gasteiger partial charge on any atom is -0.366 e. The molecule has 0 radical (unpaired) electrons. The van der Waals surface area contributed by atoms with Crippen molar-refractivity contribution < 1.29 is 13.2 Å². The molecule has 4 nitrogen and oxygen atoms in total. The summed E-state index contributed by atoms with van der Waals surface area (Å²) in [7, 11) is 0. The number of anilines is 1. The Morgan fingerprint density at radius 1 is 1.10 bits per heavy atom. The van der Waals surface area contributed by atoms with Crippen LogP contribution in [0.1, 0.15) is 5.56 Å². The lowest BCUT2D eigenvalue weighted by molar-refractivity contribution is -0.137. The van der Waals surface area contributed by atoms with E-state index in [1.165, 1.54) is 16.8 Å². The Kier molecular flexibility index (Phi) is 3.59. The van der Waals surface area contributed by atoms with Crippen molar-refractivity contribution in [1.29, 1.82) is 0 Å². The van der Waals surface area contributed by atoms with E-state index in [4.69, 9.17) is 0 Å². The molecule has 0 saturated carbocycles. The second-order valence-electron chi connectivity index (χ2n) is 4.90. The number of nitrogens with zero attached hydrogens (tertiary/aromatic N) is 3. The molecular weight excluding hydrogens is 281 g/mol. The van der Waals surface area contributed by atoms with Gasteiger partial charge in [-0.3, -0.25) is 0 Å². The predicted molar refractivity (Wildman–Crippen MR) is 73.6 cm³/mol. The fraction of sp³-hybridized carbons (Fsp3) is 0.357. The van der Waals surface area contributed by atoms with E-state index in [-0.39, 0.29) is 5.69 Å². The topological polar surface area (TPSA) is 33.1 Å². The van der Waals surface area contributed by atoms with Crippen LogP contribution in [-0.2, 0) is 6.18 Å². The Bertz CT molecular complexity index is 615. The molecule has 0 aliphatic carbocycles. The average molecular weight is 296 g/mol. The molecule has 0 spiro atoms. The lowest BCUT2D eigenvalue weighted by atomic mass is 10.1. The van der Waals surface area contributed by atoms with Crippen molar-refractivity contribution >= 4 is 5.69 Å². The van der Waals surface area contributed by atoms with Gasteiger partial charge in [-0.05, 0) is 12.1 Å². The number of piperazine rings is 1. The van der Waals surface area contributed by atoms with Gasteiger partial charge < -0.3 is 10.2 Å². The second kappa shape index (κ2) is 5.40. The van der Waals surface area contributed by atoms with Gasteiger partial charge in [0.05, 0.1) is 29.3 Å². The summed E-state index contributed by atoms with van der Waals surface area (Å²) in [4.78, 5) is 2.11. The summed E-state index contributed by atoms with van der Waals surface area (Å²) in [6, 6.07) is 5.46. The molecule has 1 aromatic carbocycles. The highest BCUT2D eigenvalue weighted by Crippen LogP contribution is 2.33. The summed E-state index contributed by atoms with van der Waals surface area (Å²) >= 11 is 0. The highest BCUT2D eigenvalue weighted by molar-refractivity contribution is 5.48. The van der Waals surface area contributed by atoms with E-state index in [1.54, 1.807) is 18.5 Å². The van der Waals surface area contributed by atoms with Crippen LogP contribution in [-0.4, -0.2) is 36.0 Å². The zero-order valence-corrected chi connectivity index (χ0v) is 11.3. The first-order valence-corrected chi connectivity index (χ1v) is 6.72. The van der Waals surface area contributed by atoms with Crippen molar-refractivity contribution in [3.05, 3.63) is 42.2 Å². The molecule has 1 fully saturated rings. The van der Waals surface area contributed by atoms with E-state index in [9.17, 15) is 13.2 Å². The molecule has 1 aromatic heterocycles. The van der Waals surface area contributed by atoms with E-state index in [0.717, 1.165) is 37.9 Å². The summed E-state index contributed by atoms with van der Waals surface area (Å²) in [6.07, 6.45) is -1.13. The Morgan fingerprint density at radius 2 is 1.81 bits per heavy atom. The highest BCUT2D eigenvalue weighted by atomic mass is 19.4. The number of nitrogens with one attached hydrogen (secondary N) is 1. The average Bonchev–Trinajstić information content (AvgIpc) is 2.97. The highest BCUT2D eigenvalue weighted by Gasteiger charge is 2.33. The van der Waals surface area contributed by atoms with Crippen LogP contribution in [0.3, 0.4) is 0 Å². The molecule has 3 rings (SSSR count). The predicted octanol–water partition coefficient (Wildman–Crippen LogP) is 2.30. The molecule has 7 heteroatoms. The molecular formula is C14H15F3N4. The van der Waals surface area contributed by atoms with Gasteiger partial charge in [-0.25, -0.2) is 4.68 Å². The van der Waals surface area contributed by atoms with Crippen LogP contribution in [0, 0.1) is 0 Å². The lowest BCUT2D eigenvalue weighted by Crippen LogP contribution is -2.43. The molecule has 1 aliphatic rings. The van der Waals surface area contributed by atoms with E-state index in [2.05, 4.69) is 15.3 Å². The van der Waals surface area contributed by atoms with Crippen LogP contribution in [0.15, 0.2) is 36.7 Å². The quantitative estimate of drug-likeness (QED) is 0.923. The van der Waals surface area contributed by atoms with E-state index < -0.39 is 11.7 Å². The summed E-state index contributed by atoms with van der Waals surface area (Å²) in [5, 5.41) is 7.32. The largest absolute Gasteiger partial charge is 0.418 e. The molecule has 0 unspecified atom stereocenters. The maximum atomic E-state index is 13.0. The van der Waals surface area contributed by atoms with E-state index >= 15 is 0 Å². The summed E-state index contributed by atoms with van der Waals surface area (Å²) in [5.41, 5.74) is 0.208. The fourth-order valence-corrected chi connectivity index (χ4v) is 2.44. The number of hydrogen-bond acceptors (Lipinski definition) is 3. The molecule has 2 aromatic rings. The molecule has 1 aliphatic heterocycles. The third kappa shape index (κ3) is 2.87. The van der Waals surface area contributed by atoms with Gasteiger partial charge >= 0.3 is 6.18 Å². The van der Waals surface area contributed by atoms with Crippen LogP contribution in [0.25, 0.3) is 5.69 Å². The van der Waals surface area contributed by atoms with Gasteiger partial charge in [-0.1, -0.05) is 12.1 Å². The zero-order chi connectivity index (χ0) is 14.9. The molecule has 2 heterocycles. The summed E-state index contributed by atoms with van der Waals surface area (Å²) < 4.78 is 40.4. The van der Waals surface area contributed by atoms with E-state index in [1.807, 2.05) is 0 Å². The van der Waals surface area contributed by atoms with Crippen molar-refractivity contribution in [1.82, 2.24) is 15.1 Å². The standard InChI is InChI=1S/C14H15F3N4/c15-14(16,17)12-3-1-2-4-13(12)21-10-11(9-19-21)20-7-5-18-6-8-20/h1-4,9-10,18H,5-8H2. The van der Waals surface area contributed by atoms with Gasteiger partial charge in [-0.2, -0.15) is 18.3 Å². The number of hydrogen-bond donors (Lipinski definition) is 1. The van der Waals surface area contributed by atoms with Crippen LogP contribution >= 0.6 is 0 Å². The van der Waals surface area contributed by atoms with Gasteiger partial charge in [0, 0.05) is 26.2 Å².